The molecule has 24 heavy (non-hydrogen) atoms. The molecular formula is C19H18N2O3. The van der Waals surface area contributed by atoms with Gasteiger partial charge in [-0.3, -0.25) is 14.4 Å². The van der Waals surface area contributed by atoms with Crippen molar-refractivity contribution in [3.8, 4) is 0 Å². The topological polar surface area (TPSA) is 89.3 Å². The van der Waals surface area contributed by atoms with E-state index < -0.39 is 5.91 Å². The van der Waals surface area contributed by atoms with Crippen LogP contribution in [-0.4, -0.2) is 24.1 Å². The van der Waals surface area contributed by atoms with Crippen LogP contribution in [0.1, 0.15) is 32.7 Å². The zero-order valence-electron chi connectivity index (χ0n) is 13.1. The molecule has 0 fully saturated rings. The highest BCUT2D eigenvalue weighted by molar-refractivity contribution is 6.29. The average molecular weight is 322 g/mol. The summed E-state index contributed by atoms with van der Waals surface area (Å²) in [6.07, 6.45) is 0.0534. The standard InChI is InChI=1S/C19H18N2O3/c1-13(18(23)14-7-3-2-4-8-14)15-9-5-6-10-16(15)19(24)21-12-11-17(20)22/h2-10H,1,11-12H2,(H2,20,22)(H,21,24). The van der Waals surface area contributed by atoms with E-state index in [-0.39, 0.29) is 30.2 Å². The van der Waals surface area contributed by atoms with Gasteiger partial charge in [0.2, 0.25) is 5.91 Å². The number of rotatable bonds is 7. The maximum atomic E-state index is 12.5. The minimum absolute atomic E-state index is 0.0534. The van der Waals surface area contributed by atoms with Crippen LogP contribution >= 0.6 is 0 Å². The van der Waals surface area contributed by atoms with Crippen molar-refractivity contribution < 1.29 is 14.4 Å². The molecule has 0 atom stereocenters. The fraction of sp³-hybridized carbons (Fsp3) is 0.105. The van der Waals surface area contributed by atoms with Crippen molar-refractivity contribution >= 4 is 23.2 Å². The molecule has 122 valence electrons. The highest BCUT2D eigenvalue weighted by atomic mass is 16.2. The molecule has 0 saturated carbocycles. The van der Waals surface area contributed by atoms with Gasteiger partial charge in [-0.05, 0) is 11.6 Å². The molecule has 5 nitrogen and oxygen atoms in total. The number of allylic oxidation sites excluding steroid dienone is 1. The van der Waals surface area contributed by atoms with E-state index in [1.807, 2.05) is 6.07 Å². The van der Waals surface area contributed by atoms with Gasteiger partial charge >= 0.3 is 0 Å². The predicted molar refractivity (Wildman–Crippen MR) is 92.4 cm³/mol. The molecule has 0 heterocycles. The van der Waals surface area contributed by atoms with E-state index in [0.29, 0.717) is 16.7 Å². The maximum absolute atomic E-state index is 12.5. The summed E-state index contributed by atoms with van der Waals surface area (Å²) in [5, 5.41) is 2.61. The molecule has 0 aliphatic carbocycles. The Balaban J connectivity index is 2.22. The highest BCUT2D eigenvalue weighted by Gasteiger charge is 2.18. The predicted octanol–water partition coefficient (Wildman–Crippen LogP) is 2.19. The molecule has 2 rings (SSSR count). The Morgan fingerprint density at radius 2 is 1.50 bits per heavy atom. The second kappa shape index (κ2) is 7.87. The van der Waals surface area contributed by atoms with Crippen LogP contribution in [0.3, 0.4) is 0 Å². The summed E-state index contributed by atoms with van der Waals surface area (Å²) in [6.45, 7) is 3.99. The Bertz CT molecular complexity index is 782. The number of Topliss-reactive ketones (excluding diaryl/α,β-unsaturated/α-hetero) is 1. The zero-order valence-corrected chi connectivity index (χ0v) is 13.1. The second-order valence-electron chi connectivity index (χ2n) is 5.19. The van der Waals surface area contributed by atoms with Gasteiger partial charge in [-0.1, -0.05) is 55.1 Å². The van der Waals surface area contributed by atoms with Crippen molar-refractivity contribution in [3.05, 3.63) is 77.9 Å². The first kappa shape index (κ1) is 17.1. The number of hydrogen-bond donors (Lipinski definition) is 2. The third kappa shape index (κ3) is 4.16. The number of hydrogen-bond acceptors (Lipinski definition) is 3. The van der Waals surface area contributed by atoms with Crippen LogP contribution in [0.2, 0.25) is 0 Å². The maximum Gasteiger partial charge on any atom is 0.251 e. The molecule has 0 unspecified atom stereocenters. The lowest BCUT2D eigenvalue weighted by Gasteiger charge is -2.11. The van der Waals surface area contributed by atoms with Crippen molar-refractivity contribution in [2.24, 2.45) is 5.73 Å². The Kier molecular flexibility index (Phi) is 5.63. The van der Waals surface area contributed by atoms with E-state index in [4.69, 9.17) is 5.73 Å². The molecule has 0 radical (unpaired) electrons. The molecular weight excluding hydrogens is 304 g/mol. The fourth-order valence-corrected chi connectivity index (χ4v) is 2.22. The van der Waals surface area contributed by atoms with Crippen molar-refractivity contribution in [2.45, 2.75) is 6.42 Å². The Morgan fingerprint density at radius 3 is 2.12 bits per heavy atom. The first-order chi connectivity index (χ1) is 11.5. The normalized spacial score (nSPS) is 10.0. The van der Waals surface area contributed by atoms with Crippen LogP contribution in [0.25, 0.3) is 5.57 Å². The van der Waals surface area contributed by atoms with Gasteiger partial charge in [0.15, 0.2) is 5.78 Å². The molecule has 2 amide bonds. The first-order valence-corrected chi connectivity index (χ1v) is 7.45. The van der Waals surface area contributed by atoms with Crippen molar-refractivity contribution in [3.63, 3.8) is 0 Å². The smallest absolute Gasteiger partial charge is 0.251 e. The van der Waals surface area contributed by atoms with Gasteiger partial charge in [0.1, 0.15) is 0 Å². The second-order valence-corrected chi connectivity index (χ2v) is 5.19. The molecule has 2 aromatic carbocycles. The lowest BCUT2D eigenvalue weighted by molar-refractivity contribution is -0.117. The zero-order chi connectivity index (χ0) is 17.5. The number of nitrogens with one attached hydrogen (secondary N) is 1. The average Bonchev–Trinajstić information content (AvgIpc) is 2.60. The van der Waals surface area contributed by atoms with Crippen molar-refractivity contribution in [2.75, 3.05) is 6.54 Å². The Hall–Kier alpha value is -3.21. The molecule has 0 aliphatic rings. The fourth-order valence-electron chi connectivity index (χ4n) is 2.22. The molecule has 5 heteroatoms. The Labute approximate surface area is 140 Å². The number of nitrogens with two attached hydrogens (primary N) is 1. The number of ketones is 1. The van der Waals surface area contributed by atoms with Crippen LogP contribution < -0.4 is 11.1 Å². The van der Waals surface area contributed by atoms with Crippen molar-refractivity contribution in [1.29, 1.82) is 0 Å². The third-order valence-electron chi connectivity index (χ3n) is 3.46. The van der Waals surface area contributed by atoms with E-state index >= 15 is 0 Å². The quantitative estimate of drug-likeness (QED) is 0.605. The van der Waals surface area contributed by atoms with E-state index in [2.05, 4.69) is 11.9 Å². The lowest BCUT2D eigenvalue weighted by Crippen LogP contribution is -2.28. The molecule has 0 aliphatic heterocycles. The van der Waals surface area contributed by atoms with Crippen LogP contribution in [0.5, 0.6) is 0 Å². The van der Waals surface area contributed by atoms with Gasteiger partial charge in [-0.2, -0.15) is 0 Å². The molecule has 3 N–H and O–H groups in total. The number of carbonyl (C=O) groups is 3. The number of amides is 2. The monoisotopic (exact) mass is 322 g/mol. The number of carbonyl (C=O) groups excluding carboxylic acids is 3. The lowest BCUT2D eigenvalue weighted by atomic mass is 9.94. The Morgan fingerprint density at radius 1 is 0.917 bits per heavy atom. The minimum Gasteiger partial charge on any atom is -0.370 e. The largest absolute Gasteiger partial charge is 0.370 e. The van der Waals surface area contributed by atoms with Gasteiger partial charge in [-0.25, -0.2) is 0 Å². The molecule has 0 aromatic heterocycles. The number of benzene rings is 2. The van der Waals surface area contributed by atoms with Crippen LogP contribution in [0.4, 0.5) is 0 Å². The molecule has 2 aromatic rings. The summed E-state index contributed by atoms with van der Waals surface area (Å²) in [5.74, 6) is -1.12. The van der Waals surface area contributed by atoms with Gasteiger partial charge in [0.05, 0.1) is 0 Å². The highest BCUT2D eigenvalue weighted by Crippen LogP contribution is 2.22. The van der Waals surface area contributed by atoms with Crippen LogP contribution in [0.15, 0.2) is 61.2 Å². The van der Waals surface area contributed by atoms with E-state index in [0.717, 1.165) is 0 Å². The van der Waals surface area contributed by atoms with Gasteiger partial charge in [-0.15, -0.1) is 0 Å². The van der Waals surface area contributed by atoms with E-state index in [1.54, 1.807) is 48.5 Å². The summed E-state index contributed by atoms with van der Waals surface area (Å²) in [6, 6.07) is 15.5. The summed E-state index contributed by atoms with van der Waals surface area (Å²) in [4.78, 5) is 35.6. The van der Waals surface area contributed by atoms with E-state index in [1.165, 1.54) is 0 Å². The molecule has 0 bridgehead atoms. The summed E-state index contributed by atoms with van der Waals surface area (Å²) in [7, 11) is 0. The molecule has 0 saturated heterocycles. The van der Waals surface area contributed by atoms with Crippen molar-refractivity contribution in [1.82, 2.24) is 5.32 Å². The minimum atomic E-state index is -0.493. The summed E-state index contributed by atoms with van der Waals surface area (Å²) >= 11 is 0. The van der Waals surface area contributed by atoms with Gasteiger partial charge in [0.25, 0.3) is 5.91 Å². The third-order valence-corrected chi connectivity index (χ3v) is 3.46. The first-order valence-electron chi connectivity index (χ1n) is 7.45. The van der Waals surface area contributed by atoms with Gasteiger partial charge in [0, 0.05) is 29.7 Å². The van der Waals surface area contributed by atoms with E-state index in [9.17, 15) is 14.4 Å². The summed E-state index contributed by atoms with van der Waals surface area (Å²) < 4.78 is 0. The van der Waals surface area contributed by atoms with Crippen LogP contribution in [-0.2, 0) is 4.79 Å². The van der Waals surface area contributed by atoms with Gasteiger partial charge < -0.3 is 11.1 Å². The van der Waals surface area contributed by atoms with Crippen LogP contribution in [0, 0.1) is 0 Å². The SMILES string of the molecule is C=C(C(=O)c1ccccc1)c1ccccc1C(=O)NCCC(N)=O. The number of primary amides is 1. The molecule has 0 spiro atoms. The summed E-state index contributed by atoms with van der Waals surface area (Å²) in [5.41, 5.74) is 6.59.